The van der Waals surface area contributed by atoms with Crippen molar-refractivity contribution in [3.8, 4) is 0 Å². The molecule has 0 saturated carbocycles. The fourth-order valence-corrected chi connectivity index (χ4v) is 2.01. The lowest BCUT2D eigenvalue weighted by Gasteiger charge is -2.36. The van der Waals surface area contributed by atoms with Gasteiger partial charge in [0.15, 0.2) is 0 Å². The summed E-state index contributed by atoms with van der Waals surface area (Å²) < 4.78 is 13.0. The lowest BCUT2D eigenvalue weighted by molar-refractivity contribution is 0.607. The zero-order valence-corrected chi connectivity index (χ0v) is 9.26. The van der Waals surface area contributed by atoms with Crippen molar-refractivity contribution in [1.82, 2.24) is 0 Å². The van der Waals surface area contributed by atoms with Crippen LogP contribution in [0.25, 0.3) is 0 Å². The fourth-order valence-electron chi connectivity index (χ4n) is 2.01. The van der Waals surface area contributed by atoms with Crippen molar-refractivity contribution in [1.29, 1.82) is 0 Å². The van der Waals surface area contributed by atoms with Gasteiger partial charge in [-0.2, -0.15) is 0 Å². The number of halogens is 1. The van der Waals surface area contributed by atoms with Crippen molar-refractivity contribution in [2.24, 2.45) is 0 Å². The first-order valence-corrected chi connectivity index (χ1v) is 5.52. The molecule has 82 valence electrons. The van der Waals surface area contributed by atoms with Gasteiger partial charge in [-0.3, -0.25) is 0 Å². The summed E-state index contributed by atoms with van der Waals surface area (Å²) in [6.07, 6.45) is 1.11. The summed E-state index contributed by atoms with van der Waals surface area (Å²) in [7, 11) is 0. The maximum Gasteiger partial charge on any atom is 0.125 e. The highest BCUT2D eigenvalue weighted by atomic mass is 19.1. The molecule has 1 aromatic carbocycles. The van der Waals surface area contributed by atoms with E-state index in [9.17, 15) is 4.39 Å². The standard InChI is InChI=1S/C12H17FN2/c1-3-9(2)15-7-6-14-11-8-10(13)4-5-12(11)15/h4-5,8-9,14H,3,6-7H2,1-2H3. The predicted octanol–water partition coefficient (Wildman–Crippen LogP) is 2.86. The van der Waals surface area contributed by atoms with Gasteiger partial charge in [-0.25, -0.2) is 4.39 Å². The summed E-state index contributed by atoms with van der Waals surface area (Å²) >= 11 is 0. The predicted molar refractivity (Wildman–Crippen MR) is 62.0 cm³/mol. The second kappa shape index (κ2) is 4.09. The minimum atomic E-state index is -0.174. The molecule has 0 saturated heterocycles. The van der Waals surface area contributed by atoms with Crippen LogP contribution in [0.4, 0.5) is 15.8 Å². The first-order valence-electron chi connectivity index (χ1n) is 5.52. The molecule has 1 N–H and O–H groups in total. The van der Waals surface area contributed by atoms with E-state index < -0.39 is 0 Å². The molecule has 0 radical (unpaired) electrons. The van der Waals surface area contributed by atoms with Crippen LogP contribution in [0.1, 0.15) is 20.3 Å². The third-order valence-corrected chi connectivity index (χ3v) is 3.06. The molecule has 0 fully saturated rings. The number of hydrogen-bond acceptors (Lipinski definition) is 2. The van der Waals surface area contributed by atoms with Crippen LogP contribution < -0.4 is 10.2 Å². The van der Waals surface area contributed by atoms with Crippen molar-refractivity contribution in [2.75, 3.05) is 23.3 Å². The summed E-state index contributed by atoms with van der Waals surface area (Å²) in [6, 6.07) is 5.48. The third kappa shape index (κ3) is 1.91. The average Bonchev–Trinajstić information content (AvgIpc) is 2.26. The quantitative estimate of drug-likeness (QED) is 0.804. The molecule has 2 nitrogen and oxygen atoms in total. The van der Waals surface area contributed by atoms with Crippen LogP contribution >= 0.6 is 0 Å². The Morgan fingerprint density at radius 2 is 2.33 bits per heavy atom. The van der Waals surface area contributed by atoms with Crippen LogP contribution in [-0.4, -0.2) is 19.1 Å². The maximum absolute atomic E-state index is 13.0. The van der Waals surface area contributed by atoms with E-state index >= 15 is 0 Å². The number of anilines is 2. The highest BCUT2D eigenvalue weighted by Crippen LogP contribution is 2.31. The largest absolute Gasteiger partial charge is 0.382 e. The Morgan fingerprint density at radius 1 is 1.53 bits per heavy atom. The average molecular weight is 208 g/mol. The van der Waals surface area contributed by atoms with Gasteiger partial charge < -0.3 is 10.2 Å². The number of fused-ring (bicyclic) bond motifs is 1. The Kier molecular flexibility index (Phi) is 2.80. The Hall–Kier alpha value is -1.25. The van der Waals surface area contributed by atoms with E-state index in [2.05, 4.69) is 24.1 Å². The van der Waals surface area contributed by atoms with Crippen LogP contribution in [0.15, 0.2) is 18.2 Å². The van der Waals surface area contributed by atoms with Gasteiger partial charge in [0.2, 0.25) is 0 Å². The molecule has 0 aromatic heterocycles. The zero-order chi connectivity index (χ0) is 10.8. The zero-order valence-electron chi connectivity index (χ0n) is 9.26. The van der Waals surface area contributed by atoms with Gasteiger partial charge in [0.05, 0.1) is 11.4 Å². The molecule has 1 atom stereocenters. The van der Waals surface area contributed by atoms with Gasteiger partial charge in [-0.1, -0.05) is 6.92 Å². The SMILES string of the molecule is CCC(C)N1CCNc2cc(F)ccc21. The number of nitrogens with zero attached hydrogens (tertiary/aromatic N) is 1. The van der Waals surface area contributed by atoms with Gasteiger partial charge in [0, 0.05) is 19.1 Å². The minimum Gasteiger partial charge on any atom is -0.382 e. The number of benzene rings is 1. The fraction of sp³-hybridized carbons (Fsp3) is 0.500. The van der Waals surface area contributed by atoms with E-state index in [1.165, 1.54) is 6.07 Å². The van der Waals surface area contributed by atoms with E-state index in [0.717, 1.165) is 30.9 Å². The molecule has 2 rings (SSSR count). The van der Waals surface area contributed by atoms with E-state index in [-0.39, 0.29) is 5.82 Å². The summed E-state index contributed by atoms with van der Waals surface area (Å²) in [4.78, 5) is 2.34. The second-order valence-electron chi connectivity index (χ2n) is 4.04. The molecule has 0 amide bonds. The third-order valence-electron chi connectivity index (χ3n) is 3.06. The van der Waals surface area contributed by atoms with Crippen LogP contribution in [0.5, 0.6) is 0 Å². The van der Waals surface area contributed by atoms with Crippen molar-refractivity contribution in [3.63, 3.8) is 0 Å². The molecule has 1 heterocycles. The number of nitrogens with one attached hydrogen (secondary N) is 1. The smallest absolute Gasteiger partial charge is 0.125 e. The molecule has 0 bridgehead atoms. The van der Waals surface area contributed by atoms with Crippen LogP contribution in [0.3, 0.4) is 0 Å². The van der Waals surface area contributed by atoms with E-state index in [1.807, 2.05) is 6.07 Å². The van der Waals surface area contributed by atoms with Gasteiger partial charge in [0.25, 0.3) is 0 Å². The van der Waals surface area contributed by atoms with Gasteiger partial charge >= 0.3 is 0 Å². The van der Waals surface area contributed by atoms with E-state index in [4.69, 9.17) is 0 Å². The van der Waals surface area contributed by atoms with E-state index in [0.29, 0.717) is 6.04 Å². The lowest BCUT2D eigenvalue weighted by atomic mass is 10.1. The van der Waals surface area contributed by atoms with Gasteiger partial charge in [-0.15, -0.1) is 0 Å². The lowest BCUT2D eigenvalue weighted by Crippen LogP contribution is -2.40. The Morgan fingerprint density at radius 3 is 3.07 bits per heavy atom. The molecule has 1 aliphatic rings. The summed E-state index contributed by atoms with van der Waals surface area (Å²) in [5, 5.41) is 3.23. The van der Waals surface area contributed by atoms with Crippen LogP contribution in [0.2, 0.25) is 0 Å². The number of hydrogen-bond donors (Lipinski definition) is 1. The van der Waals surface area contributed by atoms with Crippen molar-refractivity contribution in [2.45, 2.75) is 26.3 Å². The molecular weight excluding hydrogens is 191 g/mol. The van der Waals surface area contributed by atoms with Crippen molar-refractivity contribution in [3.05, 3.63) is 24.0 Å². The molecular formula is C12H17FN2. The van der Waals surface area contributed by atoms with E-state index in [1.54, 1.807) is 6.07 Å². The highest BCUT2D eigenvalue weighted by molar-refractivity contribution is 5.72. The van der Waals surface area contributed by atoms with Crippen LogP contribution in [0, 0.1) is 5.82 Å². The molecule has 1 aromatic rings. The molecule has 1 unspecified atom stereocenters. The van der Waals surface area contributed by atoms with Gasteiger partial charge in [0.1, 0.15) is 5.82 Å². The maximum atomic E-state index is 13.0. The summed E-state index contributed by atoms with van der Waals surface area (Å²) in [5.41, 5.74) is 2.04. The first-order chi connectivity index (χ1) is 7.22. The van der Waals surface area contributed by atoms with Crippen molar-refractivity contribution >= 4 is 11.4 Å². The second-order valence-corrected chi connectivity index (χ2v) is 4.04. The summed E-state index contributed by atoms with van der Waals surface area (Å²) in [5.74, 6) is -0.174. The Bertz CT molecular complexity index is 351. The topological polar surface area (TPSA) is 15.3 Å². The van der Waals surface area contributed by atoms with Crippen LogP contribution in [-0.2, 0) is 0 Å². The monoisotopic (exact) mass is 208 g/mol. The van der Waals surface area contributed by atoms with Gasteiger partial charge in [-0.05, 0) is 31.5 Å². The van der Waals surface area contributed by atoms with Crippen molar-refractivity contribution < 1.29 is 4.39 Å². The molecule has 15 heavy (non-hydrogen) atoms. The minimum absolute atomic E-state index is 0.174. The molecule has 0 aliphatic carbocycles. The Labute approximate surface area is 90.1 Å². The highest BCUT2D eigenvalue weighted by Gasteiger charge is 2.20. The molecule has 1 aliphatic heterocycles. The molecule has 0 spiro atoms. The first kappa shape index (κ1) is 10.3. The number of rotatable bonds is 2. The Balaban J connectivity index is 2.34. The molecule has 3 heteroatoms. The summed E-state index contributed by atoms with van der Waals surface area (Å²) in [6.45, 7) is 6.27. The normalized spacial score (nSPS) is 16.9.